The van der Waals surface area contributed by atoms with Gasteiger partial charge in [-0.2, -0.15) is 5.10 Å². The van der Waals surface area contributed by atoms with E-state index in [1.54, 1.807) is 7.11 Å². The number of aromatic nitrogens is 2. The summed E-state index contributed by atoms with van der Waals surface area (Å²) in [5.41, 5.74) is 1.80. The van der Waals surface area contributed by atoms with Crippen molar-refractivity contribution < 1.29 is 4.74 Å². The van der Waals surface area contributed by atoms with Crippen molar-refractivity contribution in [3.05, 3.63) is 42.2 Å². The van der Waals surface area contributed by atoms with Crippen LogP contribution in [0.5, 0.6) is 5.75 Å². The molecule has 2 aromatic rings. The molecule has 1 aromatic heterocycles. The third-order valence-electron chi connectivity index (χ3n) is 3.13. The number of methoxy groups -OCH3 is 1. The summed E-state index contributed by atoms with van der Waals surface area (Å²) in [6.45, 7) is 4.94. The van der Waals surface area contributed by atoms with Gasteiger partial charge in [0.05, 0.1) is 24.5 Å². The highest BCUT2D eigenvalue weighted by atomic mass is 32.1. The number of para-hydroxylation sites is 2. The average molecular weight is 304 g/mol. The molecule has 0 aliphatic rings. The first-order chi connectivity index (χ1) is 10.1. The maximum atomic E-state index is 5.34. The first-order valence-electron chi connectivity index (χ1n) is 6.88. The van der Waals surface area contributed by atoms with E-state index in [1.807, 2.05) is 48.1 Å². The minimum Gasteiger partial charge on any atom is -0.495 e. The number of rotatable bonds is 5. The summed E-state index contributed by atoms with van der Waals surface area (Å²) in [6.07, 6.45) is 1.96. The monoisotopic (exact) mass is 304 g/mol. The molecule has 112 valence electrons. The lowest BCUT2D eigenvalue weighted by Crippen LogP contribution is -2.31. The van der Waals surface area contributed by atoms with Crippen LogP contribution in [0.15, 0.2) is 36.5 Å². The number of aryl methyl sites for hydroxylation is 1. The van der Waals surface area contributed by atoms with Gasteiger partial charge in [0.1, 0.15) is 5.75 Å². The van der Waals surface area contributed by atoms with E-state index in [0.29, 0.717) is 5.11 Å². The van der Waals surface area contributed by atoms with Crippen LogP contribution in [0.25, 0.3) is 0 Å². The molecule has 0 aliphatic heterocycles. The second kappa shape index (κ2) is 7.08. The number of anilines is 1. The van der Waals surface area contributed by atoms with Gasteiger partial charge in [0.25, 0.3) is 0 Å². The smallest absolute Gasteiger partial charge is 0.171 e. The minimum absolute atomic E-state index is 0.0347. The van der Waals surface area contributed by atoms with E-state index >= 15 is 0 Å². The van der Waals surface area contributed by atoms with E-state index in [-0.39, 0.29) is 6.04 Å². The normalized spacial score (nSPS) is 11.8. The molecule has 2 N–H and O–H groups in total. The van der Waals surface area contributed by atoms with Gasteiger partial charge in [0.15, 0.2) is 5.11 Å². The Morgan fingerprint density at radius 1 is 1.38 bits per heavy atom. The van der Waals surface area contributed by atoms with Crippen LogP contribution < -0.4 is 15.4 Å². The molecule has 0 saturated heterocycles. The number of nitrogens with zero attached hydrogens (tertiary/aromatic N) is 2. The Morgan fingerprint density at radius 3 is 2.81 bits per heavy atom. The van der Waals surface area contributed by atoms with Gasteiger partial charge in [-0.3, -0.25) is 4.68 Å². The Labute approximate surface area is 130 Å². The van der Waals surface area contributed by atoms with Crippen LogP contribution in [0, 0.1) is 0 Å². The van der Waals surface area contributed by atoms with Crippen molar-refractivity contribution in [2.45, 2.75) is 26.4 Å². The molecule has 6 heteroatoms. The van der Waals surface area contributed by atoms with E-state index in [1.165, 1.54) is 0 Å². The summed E-state index contributed by atoms with van der Waals surface area (Å²) in [4.78, 5) is 0. The van der Waals surface area contributed by atoms with E-state index in [0.717, 1.165) is 23.7 Å². The van der Waals surface area contributed by atoms with E-state index in [9.17, 15) is 0 Å². The van der Waals surface area contributed by atoms with Crippen molar-refractivity contribution in [1.29, 1.82) is 0 Å². The van der Waals surface area contributed by atoms with E-state index in [2.05, 4.69) is 22.7 Å². The van der Waals surface area contributed by atoms with Gasteiger partial charge in [0, 0.05) is 12.7 Å². The third kappa shape index (κ3) is 3.95. The first-order valence-corrected chi connectivity index (χ1v) is 7.28. The summed E-state index contributed by atoms with van der Waals surface area (Å²) in [5, 5.41) is 11.4. The zero-order chi connectivity index (χ0) is 15.2. The predicted octanol–water partition coefficient (Wildman–Crippen LogP) is 2.96. The fourth-order valence-electron chi connectivity index (χ4n) is 1.96. The summed E-state index contributed by atoms with van der Waals surface area (Å²) in [7, 11) is 1.64. The summed E-state index contributed by atoms with van der Waals surface area (Å²) in [6, 6.07) is 9.68. The molecule has 1 atom stereocenters. The van der Waals surface area contributed by atoms with Crippen LogP contribution in [0.4, 0.5) is 5.69 Å². The number of nitrogens with one attached hydrogen (secondary N) is 2. The number of benzene rings is 1. The van der Waals surface area contributed by atoms with Gasteiger partial charge in [0.2, 0.25) is 0 Å². The van der Waals surface area contributed by atoms with Crippen molar-refractivity contribution in [2.75, 3.05) is 12.4 Å². The van der Waals surface area contributed by atoms with Crippen molar-refractivity contribution in [3.63, 3.8) is 0 Å². The fourth-order valence-corrected chi connectivity index (χ4v) is 2.25. The molecule has 0 amide bonds. The van der Waals surface area contributed by atoms with Crippen LogP contribution in [-0.4, -0.2) is 22.0 Å². The second-order valence-electron chi connectivity index (χ2n) is 4.62. The van der Waals surface area contributed by atoms with Gasteiger partial charge in [-0.05, 0) is 44.3 Å². The lowest BCUT2D eigenvalue weighted by atomic mass is 10.2. The molecule has 1 heterocycles. The Kier molecular flexibility index (Phi) is 5.16. The maximum Gasteiger partial charge on any atom is 0.171 e. The van der Waals surface area contributed by atoms with Crippen LogP contribution in [-0.2, 0) is 6.54 Å². The van der Waals surface area contributed by atoms with Gasteiger partial charge in [-0.1, -0.05) is 12.1 Å². The number of thiocarbonyl (C=S) groups is 1. The lowest BCUT2D eigenvalue weighted by molar-refractivity contribution is 0.417. The van der Waals surface area contributed by atoms with Gasteiger partial charge in [-0.15, -0.1) is 0 Å². The first kappa shape index (κ1) is 15.3. The molecule has 1 aromatic carbocycles. The molecule has 0 radical (unpaired) electrons. The number of hydrogen-bond donors (Lipinski definition) is 2. The molecule has 0 fully saturated rings. The molecule has 1 unspecified atom stereocenters. The lowest BCUT2D eigenvalue weighted by Gasteiger charge is -2.16. The topological polar surface area (TPSA) is 51.1 Å². The molecule has 21 heavy (non-hydrogen) atoms. The largest absolute Gasteiger partial charge is 0.495 e. The standard InChI is InChI=1S/C15H20N4OS/c1-4-19-10-9-12(18-19)11(2)16-15(21)17-13-7-5-6-8-14(13)20-3/h5-11H,4H2,1-3H3,(H2,16,17,21). The van der Waals surface area contributed by atoms with Crippen LogP contribution in [0.1, 0.15) is 25.6 Å². The molecule has 0 saturated carbocycles. The predicted molar refractivity (Wildman–Crippen MR) is 88.7 cm³/mol. The highest BCUT2D eigenvalue weighted by molar-refractivity contribution is 7.80. The Hall–Kier alpha value is -2.08. The minimum atomic E-state index is 0.0347. The van der Waals surface area contributed by atoms with Crippen LogP contribution in [0.2, 0.25) is 0 Å². The van der Waals surface area contributed by atoms with Crippen molar-refractivity contribution in [3.8, 4) is 5.75 Å². The Balaban J connectivity index is 1.98. The summed E-state index contributed by atoms with van der Waals surface area (Å²) >= 11 is 5.34. The molecular weight excluding hydrogens is 284 g/mol. The molecule has 5 nitrogen and oxygen atoms in total. The summed E-state index contributed by atoms with van der Waals surface area (Å²) < 4.78 is 7.18. The number of ether oxygens (including phenoxy) is 1. The molecule has 0 bridgehead atoms. The van der Waals surface area contributed by atoms with Crippen molar-refractivity contribution in [1.82, 2.24) is 15.1 Å². The second-order valence-corrected chi connectivity index (χ2v) is 5.02. The average Bonchev–Trinajstić information content (AvgIpc) is 2.96. The number of hydrogen-bond acceptors (Lipinski definition) is 3. The maximum absolute atomic E-state index is 5.34. The zero-order valence-corrected chi connectivity index (χ0v) is 13.3. The molecule has 0 spiro atoms. The summed E-state index contributed by atoms with van der Waals surface area (Å²) in [5.74, 6) is 0.754. The highest BCUT2D eigenvalue weighted by Crippen LogP contribution is 2.23. The molecule has 0 aliphatic carbocycles. The Morgan fingerprint density at radius 2 is 2.14 bits per heavy atom. The van der Waals surface area contributed by atoms with Gasteiger partial charge >= 0.3 is 0 Å². The van der Waals surface area contributed by atoms with Crippen molar-refractivity contribution in [2.24, 2.45) is 0 Å². The van der Waals surface area contributed by atoms with Crippen LogP contribution in [0.3, 0.4) is 0 Å². The van der Waals surface area contributed by atoms with Gasteiger partial charge in [-0.25, -0.2) is 0 Å². The van der Waals surface area contributed by atoms with Crippen LogP contribution >= 0.6 is 12.2 Å². The SMILES string of the molecule is CCn1ccc(C(C)NC(=S)Nc2ccccc2OC)n1. The Bertz CT molecular complexity index is 611. The van der Waals surface area contributed by atoms with E-state index < -0.39 is 0 Å². The fraction of sp³-hybridized carbons (Fsp3) is 0.333. The highest BCUT2D eigenvalue weighted by Gasteiger charge is 2.11. The van der Waals surface area contributed by atoms with Gasteiger partial charge < -0.3 is 15.4 Å². The third-order valence-corrected chi connectivity index (χ3v) is 3.35. The van der Waals surface area contributed by atoms with Crippen molar-refractivity contribution >= 4 is 23.0 Å². The molecular formula is C15H20N4OS. The zero-order valence-electron chi connectivity index (χ0n) is 12.5. The quantitative estimate of drug-likeness (QED) is 0.832. The molecule has 2 rings (SSSR count). The van der Waals surface area contributed by atoms with E-state index in [4.69, 9.17) is 17.0 Å².